The van der Waals surface area contributed by atoms with Crippen molar-refractivity contribution in [2.75, 3.05) is 0 Å². The van der Waals surface area contributed by atoms with Gasteiger partial charge in [-0.05, 0) is 26.0 Å². The van der Waals surface area contributed by atoms with Gasteiger partial charge >= 0.3 is 5.97 Å². The lowest BCUT2D eigenvalue weighted by Crippen LogP contribution is -2.14. The molecule has 0 saturated heterocycles. The molecule has 0 fully saturated rings. The molecule has 0 aliphatic rings. The van der Waals surface area contributed by atoms with E-state index in [9.17, 15) is 4.79 Å². The highest BCUT2D eigenvalue weighted by molar-refractivity contribution is 7.11. The number of fused-ring (bicyclic) bond motifs is 3. The van der Waals surface area contributed by atoms with Gasteiger partial charge in [0.15, 0.2) is 0 Å². The maximum absolute atomic E-state index is 11.9. The van der Waals surface area contributed by atoms with Crippen molar-refractivity contribution in [3.8, 4) is 0 Å². The molecule has 1 aromatic carbocycles. The van der Waals surface area contributed by atoms with Crippen molar-refractivity contribution in [3.05, 3.63) is 30.1 Å². The number of esters is 1. The van der Waals surface area contributed by atoms with E-state index in [1.807, 2.05) is 38.1 Å². The van der Waals surface area contributed by atoms with Crippen molar-refractivity contribution < 1.29 is 9.53 Å². The van der Waals surface area contributed by atoms with Gasteiger partial charge < -0.3 is 4.74 Å². The second-order valence-corrected chi connectivity index (χ2v) is 4.91. The second-order valence-electron chi connectivity index (χ2n) is 4.18. The van der Waals surface area contributed by atoms with E-state index in [1.54, 1.807) is 4.40 Å². The zero-order valence-corrected chi connectivity index (χ0v) is 10.8. The predicted octanol–water partition coefficient (Wildman–Crippen LogP) is 2.51. The fourth-order valence-corrected chi connectivity index (χ4v) is 2.52. The normalized spacial score (nSPS) is 11.5. The van der Waals surface area contributed by atoms with Gasteiger partial charge in [0.2, 0.25) is 10.8 Å². The Hall–Kier alpha value is -1.95. The Bertz CT molecular complexity index is 729. The Balaban J connectivity index is 2.21. The zero-order chi connectivity index (χ0) is 12.7. The average molecular weight is 261 g/mol. The van der Waals surface area contributed by atoms with E-state index in [0.717, 1.165) is 11.0 Å². The zero-order valence-electron chi connectivity index (χ0n) is 9.95. The molecule has 0 N–H and O–H groups in total. The first-order valence-electron chi connectivity index (χ1n) is 5.60. The van der Waals surface area contributed by atoms with Crippen LogP contribution in [0.5, 0.6) is 0 Å². The third kappa shape index (κ3) is 1.65. The van der Waals surface area contributed by atoms with Crippen LogP contribution in [0.4, 0.5) is 0 Å². The highest BCUT2D eigenvalue weighted by Crippen LogP contribution is 2.21. The lowest BCUT2D eigenvalue weighted by Gasteiger charge is -2.05. The summed E-state index contributed by atoms with van der Waals surface area (Å²) >= 11 is 1.20. The molecule has 0 atom stereocenters. The number of carbonyl (C=O) groups is 1. The molecule has 0 aliphatic carbocycles. The smallest absolute Gasteiger partial charge is 0.376 e. The summed E-state index contributed by atoms with van der Waals surface area (Å²) in [5, 5.41) is 0. The van der Waals surface area contributed by atoms with Gasteiger partial charge in [-0.2, -0.15) is 4.37 Å². The van der Waals surface area contributed by atoms with Gasteiger partial charge in [0.1, 0.15) is 0 Å². The molecule has 3 aromatic rings. The maximum Gasteiger partial charge on any atom is 0.376 e. The molecule has 3 rings (SSSR count). The first kappa shape index (κ1) is 11.2. The summed E-state index contributed by atoms with van der Waals surface area (Å²) in [5.41, 5.74) is 1.72. The summed E-state index contributed by atoms with van der Waals surface area (Å²) in [7, 11) is 0. The fraction of sp³-hybridized carbons (Fsp3) is 0.250. The molecule has 0 unspecified atom stereocenters. The largest absolute Gasteiger partial charge is 0.457 e. The average Bonchev–Trinajstić information content (AvgIpc) is 2.85. The van der Waals surface area contributed by atoms with Crippen molar-refractivity contribution in [2.24, 2.45) is 0 Å². The van der Waals surface area contributed by atoms with E-state index < -0.39 is 5.97 Å². The van der Waals surface area contributed by atoms with Gasteiger partial charge in [0.05, 0.1) is 17.1 Å². The molecule has 2 heterocycles. The molecule has 0 aliphatic heterocycles. The first-order chi connectivity index (χ1) is 8.66. The summed E-state index contributed by atoms with van der Waals surface area (Å²) < 4.78 is 11.0. The number of rotatable bonds is 2. The Kier molecular flexibility index (Phi) is 2.52. The number of para-hydroxylation sites is 2. The van der Waals surface area contributed by atoms with E-state index in [0.29, 0.717) is 4.96 Å². The van der Waals surface area contributed by atoms with Crippen molar-refractivity contribution in [1.29, 1.82) is 0 Å². The number of imidazole rings is 1. The standard InChI is InChI=1S/C12H11N3O2S/c1-7(2)17-11(16)10-14-18-12-13-8-5-3-4-6-9(8)15(10)12/h3-7H,1-2H3. The fourth-order valence-electron chi connectivity index (χ4n) is 1.79. The van der Waals surface area contributed by atoms with Crippen LogP contribution in [0.1, 0.15) is 24.5 Å². The maximum atomic E-state index is 11.9. The molecule has 0 saturated carbocycles. The molecular weight excluding hydrogens is 250 g/mol. The van der Waals surface area contributed by atoms with Crippen molar-refractivity contribution in [3.63, 3.8) is 0 Å². The Morgan fingerprint density at radius 3 is 2.94 bits per heavy atom. The molecule has 92 valence electrons. The van der Waals surface area contributed by atoms with Crippen molar-refractivity contribution in [2.45, 2.75) is 20.0 Å². The molecule has 18 heavy (non-hydrogen) atoms. The first-order valence-corrected chi connectivity index (χ1v) is 6.38. The van der Waals surface area contributed by atoms with Gasteiger partial charge in [0, 0.05) is 11.5 Å². The number of carbonyl (C=O) groups excluding carboxylic acids is 1. The topological polar surface area (TPSA) is 56.5 Å². The summed E-state index contributed by atoms with van der Waals surface area (Å²) in [6.45, 7) is 3.63. The highest BCUT2D eigenvalue weighted by Gasteiger charge is 2.20. The van der Waals surface area contributed by atoms with Gasteiger partial charge in [-0.15, -0.1) is 0 Å². The Morgan fingerprint density at radius 2 is 2.17 bits per heavy atom. The molecule has 5 nitrogen and oxygen atoms in total. The molecule has 2 aromatic heterocycles. The lowest BCUT2D eigenvalue weighted by atomic mass is 10.3. The minimum absolute atomic E-state index is 0.163. The van der Waals surface area contributed by atoms with Gasteiger partial charge in [-0.3, -0.25) is 4.40 Å². The summed E-state index contributed by atoms with van der Waals surface area (Å²) in [5.74, 6) is -0.128. The van der Waals surface area contributed by atoms with Gasteiger partial charge in [-0.1, -0.05) is 12.1 Å². The van der Waals surface area contributed by atoms with Gasteiger partial charge in [0.25, 0.3) is 0 Å². The van der Waals surface area contributed by atoms with Crippen molar-refractivity contribution in [1.82, 2.24) is 13.8 Å². The SMILES string of the molecule is CC(C)OC(=O)c1nsc2nc3ccccc3n12. The van der Waals surface area contributed by atoms with Crippen LogP contribution < -0.4 is 0 Å². The monoisotopic (exact) mass is 261 g/mol. The minimum Gasteiger partial charge on any atom is -0.457 e. The van der Waals surface area contributed by atoms with Crippen LogP contribution in [-0.4, -0.2) is 25.8 Å². The van der Waals surface area contributed by atoms with Crippen LogP contribution in [-0.2, 0) is 4.74 Å². The van der Waals surface area contributed by atoms with E-state index in [4.69, 9.17) is 4.74 Å². The predicted molar refractivity (Wildman–Crippen MR) is 68.9 cm³/mol. The van der Waals surface area contributed by atoms with Crippen LogP contribution in [0, 0.1) is 0 Å². The van der Waals surface area contributed by atoms with Crippen LogP contribution >= 0.6 is 11.5 Å². The quantitative estimate of drug-likeness (QED) is 0.665. The van der Waals surface area contributed by atoms with E-state index in [1.165, 1.54) is 11.5 Å². The highest BCUT2D eigenvalue weighted by atomic mass is 32.1. The molecule has 0 bridgehead atoms. The summed E-state index contributed by atoms with van der Waals surface area (Å²) in [4.78, 5) is 17.1. The molecule has 0 radical (unpaired) electrons. The number of aromatic nitrogens is 3. The molecular formula is C12H11N3O2S. The molecule has 0 spiro atoms. The van der Waals surface area contributed by atoms with Crippen LogP contribution in [0.15, 0.2) is 24.3 Å². The summed E-state index contributed by atoms with van der Waals surface area (Å²) in [6, 6.07) is 7.65. The number of nitrogens with zero attached hydrogens (tertiary/aromatic N) is 3. The summed E-state index contributed by atoms with van der Waals surface area (Å²) in [6.07, 6.45) is -0.163. The van der Waals surface area contributed by atoms with Crippen LogP contribution in [0.25, 0.3) is 16.0 Å². The molecule has 0 amide bonds. The Labute approximate surface area is 107 Å². The van der Waals surface area contributed by atoms with E-state index in [-0.39, 0.29) is 11.9 Å². The number of hydrogen-bond acceptors (Lipinski definition) is 5. The third-order valence-electron chi connectivity index (χ3n) is 2.48. The molecule has 6 heteroatoms. The number of benzene rings is 1. The Morgan fingerprint density at radius 1 is 1.39 bits per heavy atom. The third-order valence-corrected chi connectivity index (χ3v) is 3.18. The minimum atomic E-state index is -0.417. The van der Waals surface area contributed by atoms with E-state index in [2.05, 4.69) is 9.36 Å². The second kappa shape index (κ2) is 4.06. The lowest BCUT2D eigenvalue weighted by molar-refractivity contribution is 0.0363. The van der Waals surface area contributed by atoms with Crippen LogP contribution in [0.2, 0.25) is 0 Å². The number of hydrogen-bond donors (Lipinski definition) is 0. The van der Waals surface area contributed by atoms with E-state index >= 15 is 0 Å². The van der Waals surface area contributed by atoms with Gasteiger partial charge in [-0.25, -0.2) is 9.78 Å². The van der Waals surface area contributed by atoms with Crippen LogP contribution in [0.3, 0.4) is 0 Å². The van der Waals surface area contributed by atoms with Crippen molar-refractivity contribution >= 4 is 33.5 Å². The number of ether oxygens (including phenoxy) is 1.